The second-order valence-corrected chi connectivity index (χ2v) is 9.12. The average Bonchev–Trinajstić information content (AvgIpc) is 3.09. The van der Waals surface area contributed by atoms with E-state index in [9.17, 15) is 26.4 Å². The fourth-order valence-corrected chi connectivity index (χ4v) is 3.98. The number of hydrogen-bond acceptors (Lipinski definition) is 7. The number of hydrogen-bond donors (Lipinski definition) is 2. The Bertz CT molecular complexity index is 1290. The molecule has 0 atom stereocenters. The lowest BCUT2D eigenvalue weighted by Crippen LogP contribution is -2.31. The number of anilines is 1. The molecular formula is C19H21F3N6O4S. The number of fused-ring (bicyclic) bond motifs is 1. The number of carbonyl (C=O) groups is 1. The second-order valence-electron chi connectivity index (χ2n) is 6.87. The predicted octanol–water partition coefficient (Wildman–Crippen LogP) is 2.61. The van der Waals surface area contributed by atoms with Gasteiger partial charge in [0.05, 0.1) is 34.5 Å². The molecule has 3 heterocycles. The van der Waals surface area contributed by atoms with Crippen molar-refractivity contribution in [1.29, 1.82) is 0 Å². The van der Waals surface area contributed by atoms with E-state index in [4.69, 9.17) is 4.74 Å². The number of sulfone groups is 1. The zero-order valence-electron chi connectivity index (χ0n) is 17.9. The first-order chi connectivity index (χ1) is 15.5. The Hall–Kier alpha value is -3.26. The van der Waals surface area contributed by atoms with Crippen molar-refractivity contribution in [2.45, 2.75) is 18.0 Å². The Labute approximate surface area is 187 Å². The van der Waals surface area contributed by atoms with Crippen molar-refractivity contribution in [1.82, 2.24) is 24.8 Å². The number of imidazole rings is 1. The molecule has 0 spiro atoms. The van der Waals surface area contributed by atoms with Crippen LogP contribution in [0.2, 0.25) is 0 Å². The lowest BCUT2D eigenvalue weighted by molar-refractivity contribution is -0.141. The average molecular weight is 486 g/mol. The molecule has 0 fully saturated rings. The molecule has 0 radical (unpaired) electrons. The van der Waals surface area contributed by atoms with Crippen LogP contribution < -0.4 is 10.6 Å². The number of pyridine rings is 2. The van der Waals surface area contributed by atoms with Gasteiger partial charge in [-0.05, 0) is 18.2 Å². The van der Waals surface area contributed by atoms with E-state index in [1.807, 2.05) is 0 Å². The Morgan fingerprint density at radius 3 is 2.61 bits per heavy atom. The largest absolute Gasteiger partial charge is 0.433 e. The van der Waals surface area contributed by atoms with Gasteiger partial charge in [-0.25, -0.2) is 28.2 Å². The molecule has 2 amide bonds. The summed E-state index contributed by atoms with van der Waals surface area (Å²) in [5, 5.41) is 5.01. The molecule has 0 saturated carbocycles. The molecule has 178 valence electrons. The highest BCUT2D eigenvalue weighted by molar-refractivity contribution is 7.91. The minimum atomic E-state index is -4.67. The van der Waals surface area contributed by atoms with E-state index in [-0.39, 0.29) is 52.2 Å². The number of amides is 2. The van der Waals surface area contributed by atoms with E-state index in [0.29, 0.717) is 0 Å². The van der Waals surface area contributed by atoms with Crippen molar-refractivity contribution in [2.24, 2.45) is 7.05 Å². The summed E-state index contributed by atoms with van der Waals surface area (Å²) < 4.78 is 70.7. The molecule has 3 aromatic rings. The van der Waals surface area contributed by atoms with Crippen LogP contribution in [0.5, 0.6) is 0 Å². The van der Waals surface area contributed by atoms with E-state index in [0.717, 1.165) is 12.3 Å². The van der Waals surface area contributed by atoms with E-state index < -0.39 is 27.7 Å². The molecular weight excluding hydrogens is 465 g/mol. The molecule has 33 heavy (non-hydrogen) atoms. The van der Waals surface area contributed by atoms with Gasteiger partial charge in [0.15, 0.2) is 15.7 Å². The van der Waals surface area contributed by atoms with Crippen LogP contribution in [0.25, 0.3) is 22.6 Å². The molecule has 3 aromatic heterocycles. The molecule has 14 heteroatoms. The van der Waals surface area contributed by atoms with Crippen LogP contribution in [-0.2, 0) is 27.8 Å². The van der Waals surface area contributed by atoms with Gasteiger partial charge >= 0.3 is 12.2 Å². The highest BCUT2D eigenvalue weighted by Crippen LogP contribution is 2.32. The van der Waals surface area contributed by atoms with E-state index >= 15 is 0 Å². The van der Waals surface area contributed by atoms with Crippen molar-refractivity contribution in [3.63, 3.8) is 0 Å². The molecule has 0 bridgehead atoms. The van der Waals surface area contributed by atoms with Crippen molar-refractivity contribution in [2.75, 3.05) is 31.3 Å². The van der Waals surface area contributed by atoms with Crippen LogP contribution in [-0.4, -0.2) is 60.0 Å². The summed E-state index contributed by atoms with van der Waals surface area (Å²) >= 11 is 0. The van der Waals surface area contributed by atoms with Gasteiger partial charge in [-0.3, -0.25) is 5.32 Å². The van der Waals surface area contributed by atoms with Gasteiger partial charge < -0.3 is 14.6 Å². The van der Waals surface area contributed by atoms with Crippen LogP contribution >= 0.6 is 0 Å². The van der Waals surface area contributed by atoms with Crippen molar-refractivity contribution in [3.05, 3.63) is 30.1 Å². The summed E-state index contributed by atoms with van der Waals surface area (Å²) in [7, 11) is -0.804. The van der Waals surface area contributed by atoms with Gasteiger partial charge in [0.2, 0.25) is 0 Å². The van der Waals surface area contributed by atoms with E-state index in [1.54, 1.807) is 0 Å². The first kappa shape index (κ1) is 24.4. The van der Waals surface area contributed by atoms with E-state index in [2.05, 4.69) is 25.6 Å². The number of aromatic nitrogens is 4. The summed E-state index contributed by atoms with van der Waals surface area (Å²) in [6.45, 7) is 1.97. The number of alkyl halides is 3. The second kappa shape index (κ2) is 9.31. The van der Waals surface area contributed by atoms with Crippen molar-refractivity contribution >= 4 is 32.7 Å². The number of halogens is 3. The van der Waals surface area contributed by atoms with Crippen LogP contribution in [0.1, 0.15) is 12.6 Å². The number of carbonyl (C=O) groups excluding carboxylic acids is 1. The monoisotopic (exact) mass is 486 g/mol. The quantitative estimate of drug-likeness (QED) is 0.491. The van der Waals surface area contributed by atoms with Gasteiger partial charge in [0.1, 0.15) is 17.2 Å². The summed E-state index contributed by atoms with van der Waals surface area (Å²) in [5.74, 6) is -0.215. The summed E-state index contributed by atoms with van der Waals surface area (Å²) in [6, 6.07) is 2.76. The third-order valence-electron chi connectivity index (χ3n) is 4.68. The Morgan fingerprint density at radius 1 is 1.24 bits per heavy atom. The Morgan fingerprint density at radius 2 is 1.97 bits per heavy atom. The normalized spacial score (nSPS) is 12.2. The summed E-state index contributed by atoms with van der Waals surface area (Å²) in [6.07, 6.45) is -3.66. The molecule has 0 unspecified atom stereocenters. The maximum atomic E-state index is 13.1. The van der Waals surface area contributed by atoms with Gasteiger partial charge in [-0.2, -0.15) is 13.2 Å². The van der Waals surface area contributed by atoms with Gasteiger partial charge in [-0.1, -0.05) is 6.92 Å². The number of aryl methyl sites for hydroxylation is 1. The fraction of sp³-hybridized carbons (Fsp3) is 0.368. The standard InChI is InChI=1S/C19H21F3N6O4S/c1-4-33(30,31)13-5-6-15(27-18(29)23-7-8-32-3)26-16(13)17-25-11-9-14(19(20,21)22)24-10-12(11)28(17)2/h5-6,9-10H,4,7-8H2,1-3H3,(H2,23,26,27,29). The molecule has 3 rings (SSSR count). The lowest BCUT2D eigenvalue weighted by atomic mass is 10.3. The molecule has 2 N–H and O–H groups in total. The Balaban J connectivity index is 2.12. The lowest BCUT2D eigenvalue weighted by Gasteiger charge is -2.12. The van der Waals surface area contributed by atoms with Gasteiger partial charge in [-0.15, -0.1) is 0 Å². The molecule has 0 saturated heterocycles. The zero-order valence-corrected chi connectivity index (χ0v) is 18.7. The molecule has 10 nitrogen and oxygen atoms in total. The number of nitrogens with zero attached hydrogens (tertiary/aromatic N) is 4. The molecule has 0 aliphatic carbocycles. The number of ether oxygens (including phenoxy) is 1. The third-order valence-corrected chi connectivity index (χ3v) is 6.44. The maximum Gasteiger partial charge on any atom is 0.433 e. The number of rotatable bonds is 7. The minimum absolute atomic E-state index is 0.00147. The molecule has 0 aliphatic heterocycles. The third kappa shape index (κ3) is 5.22. The van der Waals surface area contributed by atoms with Crippen LogP contribution in [0.3, 0.4) is 0 Å². The van der Waals surface area contributed by atoms with E-state index in [1.165, 1.54) is 37.8 Å². The highest BCUT2D eigenvalue weighted by atomic mass is 32.2. The predicted molar refractivity (Wildman–Crippen MR) is 113 cm³/mol. The topological polar surface area (TPSA) is 128 Å². The SMILES string of the molecule is CCS(=O)(=O)c1ccc(NC(=O)NCCOC)nc1-c1nc2cc(C(F)(F)F)ncc2n1C. The van der Waals surface area contributed by atoms with Crippen LogP contribution in [0.4, 0.5) is 23.8 Å². The molecule has 0 aliphatic rings. The van der Waals surface area contributed by atoms with Crippen molar-refractivity contribution < 1.29 is 31.1 Å². The van der Waals surface area contributed by atoms with Gasteiger partial charge in [0.25, 0.3) is 0 Å². The number of nitrogens with one attached hydrogen (secondary N) is 2. The first-order valence-corrected chi connectivity index (χ1v) is 11.3. The number of urea groups is 1. The molecule has 0 aromatic carbocycles. The highest BCUT2D eigenvalue weighted by Gasteiger charge is 2.33. The zero-order chi connectivity index (χ0) is 24.4. The summed E-state index contributed by atoms with van der Waals surface area (Å²) in [5.41, 5.74) is -1.03. The minimum Gasteiger partial charge on any atom is -0.383 e. The maximum absolute atomic E-state index is 13.1. The smallest absolute Gasteiger partial charge is 0.383 e. The number of methoxy groups -OCH3 is 1. The summed E-state index contributed by atoms with van der Waals surface area (Å²) in [4.78, 5) is 23.7. The van der Waals surface area contributed by atoms with Crippen LogP contribution in [0.15, 0.2) is 29.3 Å². The Kier molecular flexibility index (Phi) is 6.88. The van der Waals surface area contributed by atoms with Crippen molar-refractivity contribution in [3.8, 4) is 11.5 Å². The van der Waals surface area contributed by atoms with Crippen LogP contribution in [0, 0.1) is 0 Å². The fourth-order valence-electron chi connectivity index (χ4n) is 2.97. The van der Waals surface area contributed by atoms with Gasteiger partial charge in [0, 0.05) is 20.7 Å². The first-order valence-electron chi connectivity index (χ1n) is 9.65.